The quantitative estimate of drug-likeness (QED) is 0.596. The van der Waals surface area contributed by atoms with E-state index in [0.29, 0.717) is 22.4 Å². The fourth-order valence-corrected chi connectivity index (χ4v) is 3.73. The lowest BCUT2D eigenvalue weighted by molar-refractivity contribution is 0.663. The molecular weight excluding hydrogens is 330 g/mol. The van der Waals surface area contributed by atoms with Crippen LogP contribution in [-0.4, -0.2) is 36.3 Å². The van der Waals surface area contributed by atoms with E-state index in [1.807, 2.05) is 31.4 Å². The van der Waals surface area contributed by atoms with Crippen molar-refractivity contribution in [2.45, 2.75) is 18.9 Å². The highest BCUT2D eigenvalue weighted by molar-refractivity contribution is 5.86. The molecule has 8 nitrogen and oxygen atoms in total. The number of aryl methyl sites for hydroxylation is 1. The third kappa shape index (κ3) is 2.26. The maximum atomic E-state index is 12.5. The van der Waals surface area contributed by atoms with Crippen LogP contribution in [0.3, 0.4) is 0 Å². The first-order valence-electron chi connectivity index (χ1n) is 8.60. The number of H-pyrrole nitrogens is 1. The van der Waals surface area contributed by atoms with E-state index in [4.69, 9.17) is 4.98 Å². The summed E-state index contributed by atoms with van der Waals surface area (Å²) in [5.41, 5.74) is 1.28. The van der Waals surface area contributed by atoms with E-state index in [2.05, 4.69) is 25.0 Å². The van der Waals surface area contributed by atoms with Gasteiger partial charge in [-0.3, -0.25) is 9.48 Å². The van der Waals surface area contributed by atoms with Crippen LogP contribution in [0.25, 0.3) is 21.9 Å². The lowest BCUT2D eigenvalue weighted by Gasteiger charge is -2.25. The molecule has 0 aliphatic carbocycles. The second kappa shape index (κ2) is 5.62. The van der Waals surface area contributed by atoms with Crippen LogP contribution in [0.5, 0.6) is 0 Å². The molecule has 1 N–H and O–H groups in total. The minimum atomic E-state index is -0.105. The van der Waals surface area contributed by atoms with Crippen LogP contribution in [0.15, 0.2) is 41.6 Å². The predicted octanol–water partition coefficient (Wildman–Crippen LogP) is 1.94. The number of anilines is 1. The minimum absolute atomic E-state index is 0.0226. The molecule has 26 heavy (non-hydrogen) atoms. The maximum absolute atomic E-state index is 12.5. The molecule has 0 bridgehead atoms. The van der Waals surface area contributed by atoms with E-state index in [1.54, 1.807) is 10.7 Å². The van der Waals surface area contributed by atoms with Crippen LogP contribution in [0.2, 0.25) is 0 Å². The standard InChI is InChI=1S/C18H17N7O/c1-24-9-12-15(23-24)19-10-20-17(12)25-8-4-7-14(25)16-21-13-6-3-2-5-11(13)18(26)22-16/h2-3,5-6,9-10,14H,4,7-8H2,1H3,(H,21,22,26). The molecule has 1 atom stereocenters. The third-order valence-corrected chi connectivity index (χ3v) is 4.88. The average molecular weight is 347 g/mol. The van der Waals surface area contributed by atoms with Gasteiger partial charge in [0, 0.05) is 19.8 Å². The normalized spacial score (nSPS) is 17.4. The minimum Gasteiger partial charge on any atom is -0.346 e. The van der Waals surface area contributed by atoms with Crippen LogP contribution in [0.1, 0.15) is 24.7 Å². The molecule has 1 aliphatic rings. The molecule has 0 radical (unpaired) electrons. The summed E-state index contributed by atoms with van der Waals surface area (Å²) in [7, 11) is 1.87. The van der Waals surface area contributed by atoms with Crippen molar-refractivity contribution in [1.29, 1.82) is 0 Å². The Labute approximate surface area is 148 Å². The summed E-state index contributed by atoms with van der Waals surface area (Å²) >= 11 is 0. The number of para-hydroxylation sites is 1. The van der Waals surface area contributed by atoms with Crippen molar-refractivity contribution >= 4 is 27.8 Å². The van der Waals surface area contributed by atoms with E-state index in [0.717, 1.165) is 30.6 Å². The first kappa shape index (κ1) is 15.0. The van der Waals surface area contributed by atoms with Crippen molar-refractivity contribution in [3.05, 3.63) is 53.0 Å². The molecule has 0 spiro atoms. The Morgan fingerprint density at radius 3 is 3.00 bits per heavy atom. The summed E-state index contributed by atoms with van der Waals surface area (Å²) in [5, 5.41) is 5.88. The van der Waals surface area contributed by atoms with Crippen LogP contribution >= 0.6 is 0 Å². The van der Waals surface area contributed by atoms with Crippen molar-refractivity contribution in [1.82, 2.24) is 29.7 Å². The van der Waals surface area contributed by atoms with E-state index in [9.17, 15) is 4.79 Å². The van der Waals surface area contributed by atoms with Crippen LogP contribution in [0, 0.1) is 0 Å². The van der Waals surface area contributed by atoms with Gasteiger partial charge in [-0.2, -0.15) is 5.10 Å². The van der Waals surface area contributed by atoms with Gasteiger partial charge in [-0.15, -0.1) is 0 Å². The molecule has 1 fully saturated rings. The van der Waals surface area contributed by atoms with Gasteiger partial charge < -0.3 is 9.88 Å². The summed E-state index contributed by atoms with van der Waals surface area (Å²) in [6.07, 6.45) is 5.38. The largest absolute Gasteiger partial charge is 0.346 e. The number of hydrogen-bond acceptors (Lipinski definition) is 6. The summed E-state index contributed by atoms with van der Waals surface area (Å²) in [4.78, 5) is 31.1. The number of nitrogens with zero attached hydrogens (tertiary/aromatic N) is 6. The Balaban J connectivity index is 1.64. The van der Waals surface area contributed by atoms with Crippen LogP contribution < -0.4 is 10.5 Å². The first-order valence-corrected chi connectivity index (χ1v) is 8.60. The number of rotatable bonds is 2. The first-order chi connectivity index (χ1) is 12.7. The lowest BCUT2D eigenvalue weighted by Crippen LogP contribution is -2.27. The van der Waals surface area contributed by atoms with E-state index >= 15 is 0 Å². The fraction of sp³-hybridized carbons (Fsp3) is 0.278. The second-order valence-corrected chi connectivity index (χ2v) is 6.56. The number of hydrogen-bond donors (Lipinski definition) is 1. The molecule has 1 unspecified atom stereocenters. The second-order valence-electron chi connectivity index (χ2n) is 6.56. The topological polar surface area (TPSA) is 92.6 Å². The number of nitrogens with one attached hydrogen (secondary N) is 1. The molecular formula is C18H17N7O. The van der Waals surface area contributed by atoms with Gasteiger partial charge >= 0.3 is 0 Å². The molecule has 5 rings (SSSR count). The van der Waals surface area contributed by atoms with Gasteiger partial charge in [-0.1, -0.05) is 12.1 Å². The van der Waals surface area contributed by atoms with Crippen molar-refractivity contribution in [3.8, 4) is 0 Å². The molecule has 1 aliphatic heterocycles. The molecule has 4 heterocycles. The molecule has 0 amide bonds. The summed E-state index contributed by atoms with van der Waals surface area (Å²) in [6.45, 7) is 0.849. The molecule has 0 saturated carbocycles. The van der Waals surface area contributed by atoms with Gasteiger partial charge in [0.2, 0.25) is 0 Å². The molecule has 1 saturated heterocycles. The van der Waals surface area contributed by atoms with Crippen molar-refractivity contribution in [3.63, 3.8) is 0 Å². The van der Waals surface area contributed by atoms with Crippen LogP contribution in [-0.2, 0) is 7.05 Å². The van der Waals surface area contributed by atoms with Gasteiger partial charge in [0.25, 0.3) is 5.56 Å². The number of aromatic amines is 1. The predicted molar refractivity (Wildman–Crippen MR) is 98.0 cm³/mol. The average Bonchev–Trinajstić information content (AvgIpc) is 3.27. The molecule has 3 aromatic heterocycles. The lowest BCUT2D eigenvalue weighted by atomic mass is 10.2. The van der Waals surface area contributed by atoms with Gasteiger partial charge in [0.1, 0.15) is 18.0 Å². The van der Waals surface area contributed by atoms with Crippen molar-refractivity contribution < 1.29 is 0 Å². The number of benzene rings is 1. The van der Waals surface area contributed by atoms with Crippen LogP contribution in [0.4, 0.5) is 5.82 Å². The van der Waals surface area contributed by atoms with Crippen molar-refractivity contribution in [2.75, 3.05) is 11.4 Å². The number of aromatic nitrogens is 6. The maximum Gasteiger partial charge on any atom is 0.258 e. The van der Waals surface area contributed by atoms with Gasteiger partial charge in [0.05, 0.1) is 22.3 Å². The SMILES string of the molecule is Cn1cc2c(N3CCCC3c3nc4ccccc4c(=O)[nH]3)ncnc2n1. The summed E-state index contributed by atoms with van der Waals surface area (Å²) in [6, 6.07) is 7.39. The van der Waals surface area contributed by atoms with Gasteiger partial charge in [-0.25, -0.2) is 15.0 Å². The Morgan fingerprint density at radius 1 is 1.19 bits per heavy atom. The van der Waals surface area contributed by atoms with E-state index in [1.165, 1.54) is 6.33 Å². The summed E-state index contributed by atoms with van der Waals surface area (Å²) < 4.78 is 1.74. The Hall–Kier alpha value is -3.29. The highest BCUT2D eigenvalue weighted by Gasteiger charge is 2.31. The van der Waals surface area contributed by atoms with E-state index in [-0.39, 0.29) is 11.6 Å². The Morgan fingerprint density at radius 2 is 2.08 bits per heavy atom. The molecule has 4 aromatic rings. The van der Waals surface area contributed by atoms with Gasteiger partial charge in [0.15, 0.2) is 5.65 Å². The fourth-order valence-electron chi connectivity index (χ4n) is 3.73. The van der Waals surface area contributed by atoms with E-state index < -0.39 is 0 Å². The molecule has 1 aromatic carbocycles. The zero-order valence-electron chi connectivity index (χ0n) is 14.3. The smallest absolute Gasteiger partial charge is 0.258 e. The monoisotopic (exact) mass is 347 g/mol. The zero-order valence-corrected chi connectivity index (χ0v) is 14.3. The van der Waals surface area contributed by atoms with Gasteiger partial charge in [-0.05, 0) is 25.0 Å². The molecule has 130 valence electrons. The highest BCUT2D eigenvalue weighted by atomic mass is 16.1. The Kier molecular flexibility index (Phi) is 3.24. The molecule has 8 heteroatoms. The highest BCUT2D eigenvalue weighted by Crippen LogP contribution is 2.36. The summed E-state index contributed by atoms with van der Waals surface area (Å²) in [5.74, 6) is 1.52. The van der Waals surface area contributed by atoms with Crippen molar-refractivity contribution in [2.24, 2.45) is 7.05 Å². The zero-order chi connectivity index (χ0) is 17.7. The number of fused-ring (bicyclic) bond motifs is 2. The Bertz CT molecular complexity index is 1180. The third-order valence-electron chi connectivity index (χ3n) is 4.88.